The van der Waals surface area contributed by atoms with Crippen LogP contribution in [0.4, 0.5) is 8.78 Å². The van der Waals surface area contributed by atoms with E-state index < -0.39 is 11.6 Å². The maximum atomic E-state index is 13.9. The Kier molecular flexibility index (Phi) is 4.62. The zero-order chi connectivity index (χ0) is 17.3. The van der Waals surface area contributed by atoms with Gasteiger partial charge < -0.3 is 10.4 Å². The van der Waals surface area contributed by atoms with Gasteiger partial charge in [0.25, 0.3) is 5.91 Å². The SMILES string of the molecule is Cc1cc(C(=O)NC(CCO)C2CC2)nn1-c1ccc(F)cc1F. The number of rotatable bonds is 6. The van der Waals surface area contributed by atoms with E-state index in [2.05, 4.69) is 10.4 Å². The molecule has 1 atom stereocenters. The van der Waals surface area contributed by atoms with Crippen LogP contribution in [0, 0.1) is 24.5 Å². The number of carbonyl (C=O) groups excluding carboxylic acids is 1. The number of nitrogens with zero attached hydrogens (tertiary/aromatic N) is 2. The molecule has 1 amide bonds. The number of hydrogen-bond donors (Lipinski definition) is 2. The average Bonchev–Trinajstić information content (AvgIpc) is 3.30. The largest absolute Gasteiger partial charge is 0.396 e. The van der Waals surface area contributed by atoms with Crippen molar-refractivity contribution < 1.29 is 18.7 Å². The monoisotopic (exact) mass is 335 g/mol. The Morgan fingerprint density at radius 1 is 1.42 bits per heavy atom. The highest BCUT2D eigenvalue weighted by Gasteiger charge is 2.32. The van der Waals surface area contributed by atoms with Crippen LogP contribution in [0.5, 0.6) is 0 Å². The fraction of sp³-hybridized carbons (Fsp3) is 0.412. The van der Waals surface area contributed by atoms with Gasteiger partial charge in [-0.1, -0.05) is 0 Å². The van der Waals surface area contributed by atoms with Crippen molar-refractivity contribution in [3.8, 4) is 5.69 Å². The lowest BCUT2D eigenvalue weighted by atomic mass is 10.1. The number of benzene rings is 1. The molecule has 3 rings (SSSR count). The molecule has 1 aromatic carbocycles. The summed E-state index contributed by atoms with van der Waals surface area (Å²) in [7, 11) is 0. The molecule has 0 bridgehead atoms. The molecule has 0 spiro atoms. The summed E-state index contributed by atoms with van der Waals surface area (Å²) < 4.78 is 28.2. The van der Waals surface area contributed by atoms with Gasteiger partial charge in [-0.15, -0.1) is 0 Å². The third-order valence-corrected chi connectivity index (χ3v) is 4.21. The molecule has 24 heavy (non-hydrogen) atoms. The molecule has 1 saturated carbocycles. The molecule has 128 valence electrons. The number of hydrogen-bond acceptors (Lipinski definition) is 3. The standard InChI is InChI=1S/C17H19F2N3O2/c1-10-8-15(17(24)20-14(6-7-23)11-2-3-11)21-22(10)16-5-4-12(18)9-13(16)19/h4-5,8-9,11,14,23H,2-3,6-7H2,1H3,(H,20,24). The number of aromatic nitrogens is 2. The van der Waals surface area contributed by atoms with Crippen molar-refractivity contribution in [1.29, 1.82) is 0 Å². The molecule has 2 aromatic rings. The van der Waals surface area contributed by atoms with Crippen LogP contribution in [0.2, 0.25) is 0 Å². The van der Waals surface area contributed by atoms with Gasteiger partial charge in [0.05, 0.1) is 0 Å². The van der Waals surface area contributed by atoms with Gasteiger partial charge in [-0.05, 0) is 50.3 Å². The first-order chi connectivity index (χ1) is 11.5. The van der Waals surface area contributed by atoms with Crippen LogP contribution in [0.1, 0.15) is 35.4 Å². The Bertz CT molecular complexity index is 756. The zero-order valence-electron chi connectivity index (χ0n) is 13.3. The highest BCUT2D eigenvalue weighted by Crippen LogP contribution is 2.34. The molecule has 1 unspecified atom stereocenters. The van der Waals surface area contributed by atoms with Crippen LogP contribution in [0.25, 0.3) is 5.69 Å². The summed E-state index contributed by atoms with van der Waals surface area (Å²) in [5.74, 6) is -1.37. The lowest BCUT2D eigenvalue weighted by Crippen LogP contribution is -2.37. The predicted molar refractivity (Wildman–Crippen MR) is 83.9 cm³/mol. The number of amides is 1. The summed E-state index contributed by atoms with van der Waals surface area (Å²) in [5, 5.41) is 16.1. The first kappa shape index (κ1) is 16.6. The maximum absolute atomic E-state index is 13.9. The van der Waals surface area contributed by atoms with Crippen LogP contribution in [0.3, 0.4) is 0 Å². The summed E-state index contributed by atoms with van der Waals surface area (Å²) in [5.41, 5.74) is 0.817. The average molecular weight is 335 g/mol. The predicted octanol–water partition coefficient (Wildman–Crippen LogP) is 2.35. The fourth-order valence-electron chi connectivity index (χ4n) is 2.79. The first-order valence-corrected chi connectivity index (χ1v) is 7.93. The zero-order valence-corrected chi connectivity index (χ0v) is 13.3. The van der Waals surface area contributed by atoms with Gasteiger partial charge in [-0.2, -0.15) is 5.10 Å². The molecular weight excluding hydrogens is 316 g/mol. The van der Waals surface area contributed by atoms with Gasteiger partial charge in [0.2, 0.25) is 0 Å². The topological polar surface area (TPSA) is 67.2 Å². The molecule has 7 heteroatoms. The summed E-state index contributed by atoms with van der Waals surface area (Å²) >= 11 is 0. The quantitative estimate of drug-likeness (QED) is 0.851. The van der Waals surface area contributed by atoms with E-state index in [1.807, 2.05) is 0 Å². The minimum atomic E-state index is -0.746. The minimum Gasteiger partial charge on any atom is -0.396 e. The van der Waals surface area contributed by atoms with Crippen molar-refractivity contribution in [2.45, 2.75) is 32.2 Å². The van der Waals surface area contributed by atoms with Gasteiger partial charge in [0, 0.05) is 24.4 Å². The number of halogens is 2. The third-order valence-electron chi connectivity index (χ3n) is 4.21. The molecule has 0 radical (unpaired) electrons. The van der Waals surface area contributed by atoms with Crippen LogP contribution < -0.4 is 5.32 Å². The molecule has 2 N–H and O–H groups in total. The number of nitrogens with one attached hydrogen (secondary N) is 1. The summed E-state index contributed by atoms with van der Waals surface area (Å²) in [6, 6.07) is 4.69. The number of aliphatic hydroxyl groups excluding tert-OH is 1. The van der Waals surface area contributed by atoms with Crippen molar-refractivity contribution >= 4 is 5.91 Å². The molecule has 1 heterocycles. The second kappa shape index (κ2) is 6.68. The van der Waals surface area contributed by atoms with Crippen LogP contribution in [-0.2, 0) is 0 Å². The highest BCUT2D eigenvalue weighted by molar-refractivity contribution is 5.92. The van der Waals surface area contributed by atoms with E-state index in [0.29, 0.717) is 18.0 Å². The van der Waals surface area contributed by atoms with Crippen LogP contribution in [-0.4, -0.2) is 33.4 Å². The summed E-state index contributed by atoms with van der Waals surface area (Å²) in [4.78, 5) is 12.4. The smallest absolute Gasteiger partial charge is 0.272 e. The van der Waals surface area contributed by atoms with Crippen molar-refractivity contribution in [3.63, 3.8) is 0 Å². The summed E-state index contributed by atoms with van der Waals surface area (Å²) in [6.45, 7) is 1.70. The number of aryl methyl sites for hydroxylation is 1. The second-order valence-electron chi connectivity index (χ2n) is 6.11. The van der Waals surface area contributed by atoms with E-state index in [0.717, 1.165) is 25.0 Å². The lowest BCUT2D eigenvalue weighted by Gasteiger charge is -2.16. The van der Waals surface area contributed by atoms with Gasteiger partial charge >= 0.3 is 0 Å². The first-order valence-electron chi connectivity index (χ1n) is 7.93. The normalized spacial score (nSPS) is 15.3. The van der Waals surface area contributed by atoms with Gasteiger partial charge in [-0.3, -0.25) is 4.79 Å². The Morgan fingerprint density at radius 3 is 2.79 bits per heavy atom. The van der Waals surface area contributed by atoms with Crippen molar-refractivity contribution in [2.75, 3.05) is 6.61 Å². The fourth-order valence-corrected chi connectivity index (χ4v) is 2.79. The third kappa shape index (κ3) is 3.46. The second-order valence-corrected chi connectivity index (χ2v) is 6.11. The van der Waals surface area contributed by atoms with Crippen LogP contribution >= 0.6 is 0 Å². The molecule has 1 fully saturated rings. The molecule has 0 aliphatic heterocycles. The Morgan fingerprint density at radius 2 is 2.17 bits per heavy atom. The Hall–Kier alpha value is -2.28. The van der Waals surface area contributed by atoms with E-state index in [4.69, 9.17) is 5.11 Å². The Balaban J connectivity index is 1.81. The van der Waals surface area contributed by atoms with E-state index in [9.17, 15) is 13.6 Å². The molecule has 1 aliphatic rings. The maximum Gasteiger partial charge on any atom is 0.272 e. The van der Waals surface area contributed by atoms with E-state index in [1.54, 1.807) is 13.0 Å². The number of carbonyl (C=O) groups is 1. The van der Waals surface area contributed by atoms with E-state index >= 15 is 0 Å². The highest BCUT2D eigenvalue weighted by atomic mass is 19.1. The molecular formula is C17H19F2N3O2. The minimum absolute atomic E-state index is 0.00963. The van der Waals surface area contributed by atoms with Crippen molar-refractivity contribution in [2.24, 2.45) is 5.92 Å². The van der Waals surface area contributed by atoms with Crippen molar-refractivity contribution in [1.82, 2.24) is 15.1 Å². The van der Waals surface area contributed by atoms with Crippen molar-refractivity contribution in [3.05, 3.63) is 47.3 Å². The summed E-state index contributed by atoms with van der Waals surface area (Å²) in [6.07, 6.45) is 2.58. The lowest BCUT2D eigenvalue weighted by molar-refractivity contribution is 0.0918. The molecule has 1 aliphatic carbocycles. The van der Waals surface area contributed by atoms with Crippen LogP contribution in [0.15, 0.2) is 24.3 Å². The molecule has 0 saturated heterocycles. The van der Waals surface area contributed by atoms with Gasteiger partial charge in [0.1, 0.15) is 11.5 Å². The van der Waals surface area contributed by atoms with Gasteiger partial charge in [0.15, 0.2) is 11.5 Å². The van der Waals surface area contributed by atoms with E-state index in [-0.39, 0.29) is 29.9 Å². The van der Waals surface area contributed by atoms with E-state index in [1.165, 1.54) is 10.7 Å². The number of aliphatic hydroxyl groups is 1. The molecule has 5 nitrogen and oxygen atoms in total. The Labute approximate surface area is 138 Å². The molecule has 1 aromatic heterocycles. The van der Waals surface area contributed by atoms with Gasteiger partial charge in [-0.25, -0.2) is 13.5 Å².